The lowest BCUT2D eigenvalue weighted by Crippen LogP contribution is -2.36. The number of carboxylic acid groups (broad SMARTS) is 1. The second kappa shape index (κ2) is 7.25. The fraction of sp³-hybridized carbons (Fsp3) is 0.231. The molecule has 12 nitrogen and oxygen atoms in total. The van der Waals surface area contributed by atoms with Gasteiger partial charge in [-0.3, -0.25) is 24.5 Å². The van der Waals surface area contributed by atoms with Crippen LogP contribution in [0.15, 0.2) is 21.7 Å². The minimum absolute atomic E-state index is 0.0434. The van der Waals surface area contributed by atoms with E-state index in [4.69, 9.17) is 5.11 Å². The highest BCUT2D eigenvalue weighted by Gasteiger charge is 2.14. The van der Waals surface area contributed by atoms with Crippen molar-refractivity contribution in [3.05, 3.63) is 48.5 Å². The van der Waals surface area contributed by atoms with Gasteiger partial charge in [-0.05, 0) is 0 Å². The molecular formula is C13H13N5O7. The zero-order valence-electron chi connectivity index (χ0n) is 12.6. The smallest absolute Gasteiger partial charge is 0.315 e. The van der Waals surface area contributed by atoms with Gasteiger partial charge in [-0.2, -0.15) is 0 Å². The molecule has 132 valence electrons. The molecule has 0 fully saturated rings. The molecule has 1 aromatic carbocycles. The zero-order chi connectivity index (χ0) is 18.6. The van der Waals surface area contributed by atoms with Crippen LogP contribution >= 0.6 is 0 Å². The van der Waals surface area contributed by atoms with Gasteiger partial charge in [-0.15, -0.1) is 0 Å². The first kappa shape index (κ1) is 17.7. The summed E-state index contributed by atoms with van der Waals surface area (Å²) in [4.78, 5) is 59.6. The SMILES string of the molecule is O=C(O)CCNC(=O)NCc1cc([N+](=O)[O-])cc2[nH]c(=O)c(=O)[nH]c12. The number of fused-ring (bicyclic) bond motifs is 1. The van der Waals surface area contributed by atoms with Crippen LogP contribution in [0.2, 0.25) is 0 Å². The van der Waals surface area contributed by atoms with Gasteiger partial charge in [0.05, 0.1) is 22.4 Å². The second-order valence-corrected chi connectivity index (χ2v) is 4.95. The Bertz CT molecular complexity index is 961. The fourth-order valence-corrected chi connectivity index (χ4v) is 2.05. The molecule has 0 aliphatic heterocycles. The van der Waals surface area contributed by atoms with E-state index in [1.165, 1.54) is 0 Å². The van der Waals surface area contributed by atoms with Crippen molar-refractivity contribution in [3.63, 3.8) is 0 Å². The van der Waals surface area contributed by atoms with Gasteiger partial charge >= 0.3 is 23.1 Å². The number of aromatic amines is 2. The van der Waals surface area contributed by atoms with Crippen molar-refractivity contribution in [1.29, 1.82) is 0 Å². The van der Waals surface area contributed by atoms with Crippen molar-refractivity contribution >= 4 is 28.7 Å². The summed E-state index contributed by atoms with van der Waals surface area (Å²) >= 11 is 0. The third kappa shape index (κ3) is 4.40. The van der Waals surface area contributed by atoms with Gasteiger partial charge in [-0.1, -0.05) is 0 Å². The number of nitrogens with one attached hydrogen (secondary N) is 4. The topological polar surface area (TPSA) is 187 Å². The molecule has 2 rings (SSSR count). The maximum Gasteiger partial charge on any atom is 0.315 e. The quantitative estimate of drug-likeness (QED) is 0.261. The third-order valence-corrected chi connectivity index (χ3v) is 3.17. The molecule has 0 bridgehead atoms. The van der Waals surface area contributed by atoms with E-state index in [9.17, 15) is 29.3 Å². The number of rotatable bonds is 6. The lowest BCUT2D eigenvalue weighted by atomic mass is 10.1. The number of nitro benzene ring substituents is 1. The lowest BCUT2D eigenvalue weighted by molar-refractivity contribution is -0.384. The van der Waals surface area contributed by atoms with Gasteiger partial charge < -0.3 is 25.7 Å². The molecule has 0 aliphatic rings. The molecule has 0 spiro atoms. The number of amides is 2. The Hall–Kier alpha value is -3.70. The van der Waals surface area contributed by atoms with Crippen LogP contribution in [0, 0.1) is 10.1 Å². The van der Waals surface area contributed by atoms with Gasteiger partial charge in [0, 0.05) is 30.8 Å². The van der Waals surface area contributed by atoms with Crippen LogP contribution < -0.4 is 21.8 Å². The molecule has 2 amide bonds. The summed E-state index contributed by atoms with van der Waals surface area (Å²) in [5.74, 6) is -1.08. The minimum Gasteiger partial charge on any atom is -0.481 e. The van der Waals surface area contributed by atoms with Crippen LogP contribution in [0.25, 0.3) is 11.0 Å². The molecule has 0 unspecified atom stereocenters. The Morgan fingerprint density at radius 2 is 1.84 bits per heavy atom. The van der Waals surface area contributed by atoms with Crippen molar-refractivity contribution in [3.8, 4) is 0 Å². The van der Waals surface area contributed by atoms with Crippen LogP contribution in [0.5, 0.6) is 0 Å². The summed E-state index contributed by atoms with van der Waals surface area (Å²) in [6, 6.07) is 1.55. The summed E-state index contributed by atoms with van der Waals surface area (Å²) in [6.07, 6.45) is -0.262. The Morgan fingerprint density at radius 3 is 2.48 bits per heavy atom. The van der Waals surface area contributed by atoms with Crippen molar-refractivity contribution in [2.75, 3.05) is 6.54 Å². The monoisotopic (exact) mass is 351 g/mol. The Morgan fingerprint density at radius 1 is 1.16 bits per heavy atom. The molecule has 0 saturated carbocycles. The molecular weight excluding hydrogens is 338 g/mol. The van der Waals surface area contributed by atoms with E-state index in [-0.39, 0.29) is 41.8 Å². The molecule has 25 heavy (non-hydrogen) atoms. The number of carboxylic acids is 1. The Kier molecular flexibility index (Phi) is 5.12. The van der Waals surface area contributed by atoms with E-state index in [0.29, 0.717) is 0 Å². The highest BCUT2D eigenvalue weighted by Crippen LogP contribution is 2.21. The summed E-state index contributed by atoms with van der Waals surface area (Å²) < 4.78 is 0. The fourth-order valence-electron chi connectivity index (χ4n) is 2.05. The van der Waals surface area contributed by atoms with Crippen LogP contribution in [-0.4, -0.2) is 38.5 Å². The number of hydrogen-bond donors (Lipinski definition) is 5. The molecule has 0 aliphatic carbocycles. The predicted molar refractivity (Wildman–Crippen MR) is 84.3 cm³/mol. The molecule has 2 aromatic rings. The van der Waals surface area contributed by atoms with Gasteiger partial charge in [0.15, 0.2) is 0 Å². The zero-order valence-corrected chi connectivity index (χ0v) is 12.6. The molecule has 5 N–H and O–H groups in total. The molecule has 0 saturated heterocycles. The molecule has 0 atom stereocenters. The summed E-state index contributed by atoms with van der Waals surface area (Å²) in [5.41, 5.74) is -1.85. The molecule has 1 aromatic heterocycles. The summed E-state index contributed by atoms with van der Waals surface area (Å²) in [7, 11) is 0. The van der Waals surface area contributed by atoms with E-state index >= 15 is 0 Å². The van der Waals surface area contributed by atoms with Crippen LogP contribution in [0.1, 0.15) is 12.0 Å². The van der Waals surface area contributed by atoms with E-state index in [1.54, 1.807) is 0 Å². The van der Waals surface area contributed by atoms with Crippen LogP contribution in [-0.2, 0) is 11.3 Å². The number of H-pyrrole nitrogens is 2. The number of nitrogens with zero attached hydrogens (tertiary/aromatic N) is 1. The summed E-state index contributed by atoms with van der Waals surface area (Å²) in [6.45, 7) is -0.292. The highest BCUT2D eigenvalue weighted by atomic mass is 16.6. The van der Waals surface area contributed by atoms with Gasteiger partial charge in [0.1, 0.15) is 0 Å². The maximum absolute atomic E-state index is 11.6. The largest absolute Gasteiger partial charge is 0.481 e. The normalized spacial score (nSPS) is 10.4. The molecule has 1 heterocycles. The van der Waals surface area contributed by atoms with Crippen molar-refractivity contribution in [2.24, 2.45) is 0 Å². The first-order valence-electron chi connectivity index (χ1n) is 6.95. The van der Waals surface area contributed by atoms with E-state index in [0.717, 1.165) is 12.1 Å². The predicted octanol–water partition coefficient (Wildman–Crippen LogP) is -0.601. The number of urea groups is 1. The van der Waals surface area contributed by atoms with Crippen LogP contribution in [0.3, 0.4) is 0 Å². The number of nitro groups is 1. The second-order valence-electron chi connectivity index (χ2n) is 4.95. The summed E-state index contributed by atoms with van der Waals surface area (Å²) in [5, 5.41) is 24.1. The van der Waals surface area contributed by atoms with E-state index in [1.807, 2.05) is 0 Å². The van der Waals surface area contributed by atoms with Gasteiger partial charge in [-0.25, -0.2) is 4.79 Å². The highest BCUT2D eigenvalue weighted by molar-refractivity contribution is 5.81. The van der Waals surface area contributed by atoms with Crippen molar-refractivity contribution < 1.29 is 19.6 Å². The number of carbonyl (C=O) groups excluding carboxylic acids is 1. The third-order valence-electron chi connectivity index (χ3n) is 3.17. The number of aromatic nitrogens is 2. The standard InChI is InChI=1S/C13H13N5O7/c19-9(20)1-2-14-13(23)15-5-6-3-7(18(24)25)4-8-10(6)17-12(22)11(21)16-8/h3-4H,1-2,5H2,(H,16,21)(H,17,22)(H,19,20)(H2,14,15,23). The number of non-ortho nitro benzene ring substituents is 1. The maximum atomic E-state index is 11.6. The lowest BCUT2D eigenvalue weighted by Gasteiger charge is -2.09. The van der Waals surface area contributed by atoms with Crippen LogP contribution in [0.4, 0.5) is 10.5 Å². The van der Waals surface area contributed by atoms with E-state index in [2.05, 4.69) is 20.6 Å². The number of benzene rings is 1. The first-order chi connectivity index (χ1) is 11.8. The minimum atomic E-state index is -1.08. The Balaban J connectivity index is 2.26. The first-order valence-corrected chi connectivity index (χ1v) is 6.95. The van der Waals surface area contributed by atoms with Gasteiger partial charge in [0.2, 0.25) is 0 Å². The molecule has 0 radical (unpaired) electrons. The van der Waals surface area contributed by atoms with Crippen molar-refractivity contribution in [1.82, 2.24) is 20.6 Å². The molecule has 12 heteroatoms. The average molecular weight is 351 g/mol. The number of aliphatic carboxylic acids is 1. The number of carbonyl (C=O) groups is 2. The number of hydrogen-bond acceptors (Lipinski definition) is 6. The average Bonchev–Trinajstić information content (AvgIpc) is 2.53. The van der Waals surface area contributed by atoms with Gasteiger partial charge in [0.25, 0.3) is 5.69 Å². The Labute approximate surface area is 138 Å². The van der Waals surface area contributed by atoms with E-state index < -0.39 is 28.0 Å². The van der Waals surface area contributed by atoms with Crippen molar-refractivity contribution in [2.45, 2.75) is 13.0 Å².